The van der Waals surface area contributed by atoms with Crippen LogP contribution in [-0.2, 0) is 10.3 Å². The molecule has 0 fully saturated rings. The summed E-state index contributed by atoms with van der Waals surface area (Å²) in [4.78, 5) is 0. The highest BCUT2D eigenvalue weighted by Gasteiger charge is 2.51. The lowest BCUT2D eigenvalue weighted by Crippen LogP contribution is -3.00. The fraction of sp³-hybridized carbons (Fsp3) is 0.571. The van der Waals surface area contributed by atoms with Crippen molar-refractivity contribution in [3.05, 3.63) is 65.7 Å². The molecule has 0 aliphatic heterocycles. The van der Waals surface area contributed by atoms with Gasteiger partial charge in [0.25, 0.3) is 0 Å². The van der Waals surface area contributed by atoms with Crippen molar-refractivity contribution in [3.63, 3.8) is 0 Å². The minimum absolute atomic E-state index is 0. The van der Waals surface area contributed by atoms with Crippen molar-refractivity contribution in [1.82, 2.24) is 0 Å². The molecule has 1 unspecified atom stereocenters. The first-order valence-electron chi connectivity index (χ1n) is 11.8. The maximum Gasteiger partial charge on any atom is 0.190 e. The number of para-hydroxylation sites is 1. The van der Waals surface area contributed by atoms with Crippen LogP contribution >= 0.6 is 0 Å². The summed E-state index contributed by atoms with van der Waals surface area (Å²) in [5.41, 5.74) is 2.81. The Bertz CT molecular complexity index is 779. The summed E-state index contributed by atoms with van der Waals surface area (Å²) in [7, 11) is 4.69. The summed E-state index contributed by atoms with van der Waals surface area (Å²) >= 11 is 0. The van der Waals surface area contributed by atoms with E-state index >= 15 is 0 Å². The highest BCUT2D eigenvalue weighted by Crippen LogP contribution is 2.46. The maximum atomic E-state index is 6.41. The Hall–Kier alpha value is -1.55. The van der Waals surface area contributed by atoms with Crippen molar-refractivity contribution >= 4 is 0 Å². The SMILES string of the molecule is Cc1ccccc1C(CC(C)C)(CC(C)C)[N+](C)(C)C(C)OCCOc1ccccc1.[Cl-]. The molecule has 2 rings (SSSR count). The topological polar surface area (TPSA) is 18.5 Å². The van der Waals surface area contributed by atoms with E-state index in [1.165, 1.54) is 11.1 Å². The quantitative estimate of drug-likeness (QED) is 0.272. The molecule has 0 aliphatic rings. The Morgan fingerprint density at radius 2 is 1.31 bits per heavy atom. The van der Waals surface area contributed by atoms with Gasteiger partial charge in [0.15, 0.2) is 6.23 Å². The molecule has 0 amide bonds. The van der Waals surface area contributed by atoms with E-state index < -0.39 is 0 Å². The molecule has 0 spiro atoms. The normalized spacial score (nSPS) is 13.2. The molecular formula is C28H44ClNO2. The maximum absolute atomic E-state index is 6.41. The average molecular weight is 462 g/mol. The van der Waals surface area contributed by atoms with E-state index in [4.69, 9.17) is 9.47 Å². The van der Waals surface area contributed by atoms with Gasteiger partial charge in [-0.25, -0.2) is 0 Å². The second-order valence-electron chi connectivity index (χ2n) is 10.2. The van der Waals surface area contributed by atoms with Crippen LogP contribution in [0.2, 0.25) is 0 Å². The molecule has 2 aromatic carbocycles. The van der Waals surface area contributed by atoms with Crippen LogP contribution in [0.5, 0.6) is 5.75 Å². The fourth-order valence-electron chi connectivity index (χ4n) is 4.96. The zero-order chi connectivity index (χ0) is 23.1. The van der Waals surface area contributed by atoms with Crippen molar-refractivity contribution < 1.29 is 26.4 Å². The number of ether oxygens (including phenoxy) is 2. The summed E-state index contributed by atoms with van der Waals surface area (Å²) in [6.07, 6.45) is 2.28. The lowest BCUT2D eigenvalue weighted by atomic mass is 9.72. The number of aryl methyl sites for hydroxylation is 1. The summed E-state index contributed by atoms with van der Waals surface area (Å²) in [5, 5.41) is 0. The Kier molecular flexibility index (Phi) is 11.2. The number of rotatable bonds is 12. The van der Waals surface area contributed by atoms with Crippen LogP contribution < -0.4 is 17.1 Å². The highest BCUT2D eigenvalue weighted by molar-refractivity contribution is 5.32. The molecule has 0 heterocycles. The van der Waals surface area contributed by atoms with Gasteiger partial charge in [0.05, 0.1) is 20.7 Å². The number of hydrogen-bond donors (Lipinski definition) is 0. The van der Waals surface area contributed by atoms with Crippen LogP contribution in [0, 0.1) is 18.8 Å². The predicted octanol–water partition coefficient (Wildman–Crippen LogP) is 3.80. The van der Waals surface area contributed by atoms with E-state index in [1.54, 1.807) is 0 Å². The van der Waals surface area contributed by atoms with Crippen LogP contribution in [0.25, 0.3) is 0 Å². The van der Waals surface area contributed by atoms with E-state index in [0.29, 0.717) is 25.0 Å². The number of hydrogen-bond acceptors (Lipinski definition) is 2. The molecule has 0 N–H and O–H groups in total. The highest BCUT2D eigenvalue weighted by atomic mass is 35.5. The summed E-state index contributed by atoms with van der Waals surface area (Å²) in [6.45, 7) is 15.0. The van der Waals surface area contributed by atoms with Crippen LogP contribution in [0.3, 0.4) is 0 Å². The zero-order valence-corrected chi connectivity index (χ0v) is 22.2. The van der Waals surface area contributed by atoms with Gasteiger partial charge in [0.1, 0.15) is 17.9 Å². The van der Waals surface area contributed by atoms with E-state index in [-0.39, 0.29) is 24.2 Å². The van der Waals surface area contributed by atoms with Gasteiger partial charge in [0.2, 0.25) is 0 Å². The minimum Gasteiger partial charge on any atom is -1.00 e. The van der Waals surface area contributed by atoms with Gasteiger partial charge in [-0.1, -0.05) is 70.2 Å². The molecule has 0 aliphatic carbocycles. The van der Waals surface area contributed by atoms with Crippen LogP contribution in [0.4, 0.5) is 0 Å². The molecule has 4 heteroatoms. The molecule has 0 bridgehead atoms. The van der Waals surface area contributed by atoms with Crippen molar-refractivity contribution in [1.29, 1.82) is 0 Å². The lowest BCUT2D eigenvalue weighted by Gasteiger charge is -2.54. The third kappa shape index (κ3) is 6.97. The van der Waals surface area contributed by atoms with Gasteiger partial charge in [0, 0.05) is 25.3 Å². The number of quaternary nitrogens is 1. The number of halogens is 1. The second kappa shape index (κ2) is 12.6. The third-order valence-corrected chi connectivity index (χ3v) is 6.60. The first-order chi connectivity index (χ1) is 14.6. The first-order valence-corrected chi connectivity index (χ1v) is 11.8. The molecule has 1 atom stereocenters. The third-order valence-electron chi connectivity index (χ3n) is 6.60. The van der Waals surface area contributed by atoms with Gasteiger partial charge < -0.3 is 21.9 Å². The van der Waals surface area contributed by atoms with E-state index in [1.807, 2.05) is 30.3 Å². The van der Waals surface area contributed by atoms with Crippen molar-refractivity contribution in [2.24, 2.45) is 11.8 Å². The monoisotopic (exact) mass is 461 g/mol. The number of benzene rings is 2. The molecule has 2 aromatic rings. The van der Waals surface area contributed by atoms with Gasteiger partial charge in [-0.3, -0.25) is 4.48 Å². The Balaban J connectivity index is 0.00000512. The molecule has 0 radical (unpaired) electrons. The Morgan fingerprint density at radius 1 is 0.781 bits per heavy atom. The fourth-order valence-corrected chi connectivity index (χ4v) is 4.96. The van der Waals surface area contributed by atoms with Crippen LogP contribution in [0.1, 0.15) is 58.6 Å². The predicted molar refractivity (Wildman–Crippen MR) is 131 cm³/mol. The molecular weight excluding hydrogens is 418 g/mol. The first kappa shape index (κ1) is 28.5. The summed E-state index contributed by atoms with van der Waals surface area (Å²) in [6, 6.07) is 18.9. The molecule has 0 aromatic heterocycles. The molecule has 180 valence electrons. The minimum atomic E-state index is -0.0205. The molecule has 32 heavy (non-hydrogen) atoms. The second-order valence-corrected chi connectivity index (χ2v) is 10.2. The van der Waals surface area contributed by atoms with Gasteiger partial charge >= 0.3 is 0 Å². The Morgan fingerprint density at radius 3 is 1.84 bits per heavy atom. The molecule has 3 nitrogen and oxygen atoms in total. The molecule has 0 saturated heterocycles. The van der Waals surface area contributed by atoms with Crippen molar-refractivity contribution in [2.75, 3.05) is 27.3 Å². The summed E-state index contributed by atoms with van der Waals surface area (Å²) in [5.74, 6) is 2.06. The summed E-state index contributed by atoms with van der Waals surface area (Å²) < 4.78 is 13.1. The van der Waals surface area contributed by atoms with Crippen LogP contribution in [-0.4, -0.2) is 38.0 Å². The lowest BCUT2D eigenvalue weighted by molar-refractivity contribution is -0.991. The van der Waals surface area contributed by atoms with Gasteiger partial charge in [-0.15, -0.1) is 0 Å². The van der Waals surface area contributed by atoms with Crippen molar-refractivity contribution in [3.8, 4) is 5.75 Å². The zero-order valence-electron chi connectivity index (χ0n) is 21.4. The molecule has 0 saturated carbocycles. The van der Waals surface area contributed by atoms with E-state index in [0.717, 1.165) is 23.1 Å². The van der Waals surface area contributed by atoms with Gasteiger partial charge in [-0.2, -0.15) is 0 Å². The van der Waals surface area contributed by atoms with Gasteiger partial charge in [-0.05, 0) is 36.5 Å². The van der Waals surface area contributed by atoms with E-state index in [2.05, 4.69) is 79.9 Å². The Labute approximate surface area is 203 Å². The number of nitrogens with zero attached hydrogens (tertiary/aromatic N) is 1. The van der Waals surface area contributed by atoms with Crippen molar-refractivity contribution in [2.45, 2.75) is 66.2 Å². The van der Waals surface area contributed by atoms with E-state index in [9.17, 15) is 0 Å². The smallest absolute Gasteiger partial charge is 0.190 e. The van der Waals surface area contributed by atoms with Crippen LogP contribution in [0.15, 0.2) is 54.6 Å². The standard InChI is InChI=1S/C28H44NO2.ClH/c1-22(2)20-28(21-23(3)4,27-17-13-12-14-24(27)5)29(7,8)25(6)30-18-19-31-26-15-10-9-11-16-26;/h9-17,22-23,25H,18-21H2,1-8H3;1H/q+1;/p-1. The largest absolute Gasteiger partial charge is 1.00 e. The average Bonchev–Trinajstić information content (AvgIpc) is 2.70.